The van der Waals surface area contributed by atoms with Crippen LogP contribution < -0.4 is 5.56 Å². The summed E-state index contributed by atoms with van der Waals surface area (Å²) in [5.74, 6) is 0.241. The zero-order valence-corrected chi connectivity index (χ0v) is 17.5. The first-order valence-electron chi connectivity index (χ1n) is 9.95. The third-order valence-electron chi connectivity index (χ3n) is 5.11. The van der Waals surface area contributed by atoms with E-state index in [4.69, 9.17) is 4.98 Å². The van der Waals surface area contributed by atoms with Gasteiger partial charge in [0.2, 0.25) is 0 Å². The van der Waals surface area contributed by atoms with Gasteiger partial charge in [0, 0.05) is 17.5 Å². The number of rotatable bonds is 7. The lowest BCUT2D eigenvalue weighted by Gasteiger charge is -2.11. The highest BCUT2D eigenvalue weighted by Crippen LogP contribution is 2.23. The number of carbonyl (C=O) groups is 1. The highest BCUT2D eigenvalue weighted by atomic mass is 32.2. The second-order valence-electron chi connectivity index (χ2n) is 7.04. The van der Waals surface area contributed by atoms with Gasteiger partial charge in [0.1, 0.15) is 0 Å². The summed E-state index contributed by atoms with van der Waals surface area (Å²) in [4.78, 5) is 32.6. The molecule has 1 aromatic heterocycles. The van der Waals surface area contributed by atoms with Gasteiger partial charge < -0.3 is 4.98 Å². The molecule has 5 heteroatoms. The van der Waals surface area contributed by atoms with Crippen molar-refractivity contribution in [1.82, 2.24) is 9.97 Å². The number of Topliss-reactive ketones (excluding diaryl/α,β-unsaturated/α-hetero) is 1. The summed E-state index contributed by atoms with van der Waals surface area (Å²) in [6.07, 6.45) is 1.19. The van der Waals surface area contributed by atoms with Crippen LogP contribution in [0.1, 0.15) is 34.1 Å². The molecule has 4 nitrogen and oxygen atoms in total. The molecular weight excluding hydrogens is 392 g/mol. The van der Waals surface area contributed by atoms with Crippen molar-refractivity contribution in [2.75, 3.05) is 5.75 Å². The topological polar surface area (TPSA) is 62.8 Å². The van der Waals surface area contributed by atoms with Crippen LogP contribution in [0.15, 0.2) is 82.7 Å². The van der Waals surface area contributed by atoms with Crippen LogP contribution in [-0.2, 0) is 12.8 Å². The number of H-pyrrole nitrogens is 1. The van der Waals surface area contributed by atoms with E-state index in [9.17, 15) is 9.59 Å². The van der Waals surface area contributed by atoms with Crippen molar-refractivity contribution >= 4 is 28.3 Å². The first kappa shape index (κ1) is 20.1. The molecule has 0 amide bonds. The van der Waals surface area contributed by atoms with E-state index in [0.717, 1.165) is 16.6 Å². The molecule has 0 unspecified atom stereocenters. The predicted molar refractivity (Wildman–Crippen MR) is 122 cm³/mol. The highest BCUT2D eigenvalue weighted by Gasteiger charge is 2.14. The van der Waals surface area contributed by atoms with Crippen molar-refractivity contribution in [1.29, 1.82) is 0 Å². The van der Waals surface area contributed by atoms with Gasteiger partial charge in [-0.1, -0.05) is 91.5 Å². The van der Waals surface area contributed by atoms with E-state index in [1.54, 1.807) is 12.1 Å². The Kier molecular flexibility index (Phi) is 6.10. The van der Waals surface area contributed by atoms with E-state index >= 15 is 0 Å². The van der Waals surface area contributed by atoms with Gasteiger partial charge >= 0.3 is 0 Å². The van der Waals surface area contributed by atoms with Crippen LogP contribution in [0, 0.1) is 0 Å². The van der Waals surface area contributed by atoms with Crippen LogP contribution in [-0.4, -0.2) is 21.5 Å². The lowest BCUT2D eigenvalue weighted by Crippen LogP contribution is -2.19. The second-order valence-corrected chi connectivity index (χ2v) is 8.01. The number of thioether (sulfide) groups is 1. The Hall–Kier alpha value is -3.18. The summed E-state index contributed by atoms with van der Waals surface area (Å²) < 4.78 is 0. The molecule has 1 heterocycles. The van der Waals surface area contributed by atoms with E-state index in [-0.39, 0.29) is 17.1 Å². The number of nitrogens with one attached hydrogen (secondary N) is 1. The van der Waals surface area contributed by atoms with Gasteiger partial charge in [-0.2, -0.15) is 0 Å². The lowest BCUT2D eigenvalue weighted by atomic mass is 9.99. The largest absolute Gasteiger partial charge is 0.301 e. The van der Waals surface area contributed by atoms with E-state index < -0.39 is 0 Å². The van der Waals surface area contributed by atoms with Crippen molar-refractivity contribution in [3.63, 3.8) is 0 Å². The molecule has 0 aliphatic carbocycles. The van der Waals surface area contributed by atoms with Crippen LogP contribution in [0.4, 0.5) is 0 Å². The number of nitrogens with zero attached hydrogens (tertiary/aromatic N) is 1. The van der Waals surface area contributed by atoms with Crippen LogP contribution >= 0.6 is 11.8 Å². The maximum absolute atomic E-state index is 12.7. The Morgan fingerprint density at radius 3 is 2.50 bits per heavy atom. The van der Waals surface area contributed by atoms with Crippen LogP contribution in [0.2, 0.25) is 0 Å². The molecule has 0 atom stereocenters. The third kappa shape index (κ3) is 4.36. The molecule has 0 bridgehead atoms. The van der Waals surface area contributed by atoms with Gasteiger partial charge in [0.05, 0.1) is 11.4 Å². The first-order chi connectivity index (χ1) is 14.7. The van der Waals surface area contributed by atoms with E-state index in [0.29, 0.717) is 29.1 Å². The number of aromatic amines is 1. The number of ketones is 1. The number of benzene rings is 3. The highest BCUT2D eigenvalue weighted by molar-refractivity contribution is 7.99. The zero-order chi connectivity index (χ0) is 20.9. The predicted octanol–water partition coefficient (Wildman–Crippen LogP) is 5.05. The van der Waals surface area contributed by atoms with Crippen LogP contribution in [0.25, 0.3) is 10.8 Å². The molecule has 150 valence electrons. The average molecular weight is 415 g/mol. The van der Waals surface area contributed by atoms with Crippen molar-refractivity contribution in [2.45, 2.75) is 24.9 Å². The minimum absolute atomic E-state index is 0.0124. The summed E-state index contributed by atoms with van der Waals surface area (Å²) in [6, 6.07) is 23.6. The molecule has 30 heavy (non-hydrogen) atoms. The molecule has 0 saturated carbocycles. The maximum Gasteiger partial charge on any atom is 0.254 e. The summed E-state index contributed by atoms with van der Waals surface area (Å²) in [6.45, 7) is 1.96. The molecule has 0 fully saturated rings. The Balaban J connectivity index is 1.62. The van der Waals surface area contributed by atoms with Gasteiger partial charge in [-0.3, -0.25) is 9.59 Å². The Bertz CT molecular complexity index is 1240. The smallest absolute Gasteiger partial charge is 0.254 e. The standard InChI is InChI=1S/C25H22N2O2S/c1-2-20-22(15-19-13-8-12-17-9-6-7-14-21(17)19)26-25(27-24(20)29)30-16-23(28)18-10-4-3-5-11-18/h3-14H,2,15-16H2,1H3,(H,26,27,29). The van der Waals surface area contributed by atoms with Gasteiger partial charge in [-0.15, -0.1) is 0 Å². The van der Waals surface area contributed by atoms with Crippen molar-refractivity contribution in [2.24, 2.45) is 0 Å². The number of hydrogen-bond acceptors (Lipinski definition) is 4. The maximum atomic E-state index is 12.7. The van der Waals surface area contributed by atoms with Gasteiger partial charge in [0.25, 0.3) is 5.56 Å². The fraction of sp³-hybridized carbons (Fsp3) is 0.160. The Labute approximate surface area is 179 Å². The third-order valence-corrected chi connectivity index (χ3v) is 5.98. The molecule has 3 aromatic carbocycles. The number of carbonyl (C=O) groups excluding carboxylic acids is 1. The monoisotopic (exact) mass is 414 g/mol. The van der Waals surface area contributed by atoms with E-state index in [1.807, 2.05) is 43.3 Å². The molecule has 4 rings (SSSR count). The molecule has 1 N–H and O–H groups in total. The number of fused-ring (bicyclic) bond motifs is 1. The minimum Gasteiger partial charge on any atom is -0.301 e. The van der Waals surface area contributed by atoms with E-state index in [2.05, 4.69) is 29.2 Å². The fourth-order valence-corrected chi connectivity index (χ4v) is 4.34. The minimum atomic E-state index is -0.127. The molecule has 0 radical (unpaired) electrons. The fourth-order valence-electron chi connectivity index (χ4n) is 3.57. The van der Waals surface area contributed by atoms with Crippen molar-refractivity contribution < 1.29 is 4.79 Å². The van der Waals surface area contributed by atoms with Crippen molar-refractivity contribution in [3.8, 4) is 0 Å². The average Bonchev–Trinajstić information content (AvgIpc) is 2.78. The summed E-state index contributed by atoms with van der Waals surface area (Å²) in [7, 11) is 0. The zero-order valence-electron chi connectivity index (χ0n) is 16.7. The first-order valence-corrected chi connectivity index (χ1v) is 10.9. The lowest BCUT2D eigenvalue weighted by molar-refractivity contribution is 0.102. The summed E-state index contributed by atoms with van der Waals surface area (Å²) >= 11 is 1.27. The Morgan fingerprint density at radius 1 is 0.967 bits per heavy atom. The number of aromatic nitrogens is 2. The van der Waals surface area contributed by atoms with Crippen LogP contribution in [0.5, 0.6) is 0 Å². The van der Waals surface area contributed by atoms with Gasteiger partial charge in [0.15, 0.2) is 10.9 Å². The van der Waals surface area contributed by atoms with Gasteiger partial charge in [-0.25, -0.2) is 4.98 Å². The van der Waals surface area contributed by atoms with Crippen LogP contribution in [0.3, 0.4) is 0 Å². The molecule has 0 aliphatic rings. The SMILES string of the molecule is CCc1c(Cc2cccc3ccccc23)nc(SCC(=O)c2ccccc2)[nH]c1=O. The molecule has 0 spiro atoms. The molecule has 0 saturated heterocycles. The normalized spacial score (nSPS) is 11.0. The molecular formula is C25H22N2O2S. The summed E-state index contributed by atoms with van der Waals surface area (Å²) in [5.41, 5.74) is 3.14. The quantitative estimate of drug-likeness (QED) is 0.261. The van der Waals surface area contributed by atoms with Gasteiger partial charge in [-0.05, 0) is 22.8 Å². The molecule has 0 aliphatic heterocycles. The van der Waals surface area contributed by atoms with E-state index in [1.165, 1.54) is 17.1 Å². The second kappa shape index (κ2) is 9.09. The molecule has 4 aromatic rings. The Morgan fingerprint density at radius 2 is 1.70 bits per heavy atom. The summed E-state index contributed by atoms with van der Waals surface area (Å²) in [5, 5.41) is 2.82. The number of hydrogen-bond donors (Lipinski definition) is 1. The van der Waals surface area contributed by atoms with Crippen molar-refractivity contribution in [3.05, 3.63) is 106 Å².